The number of non-ortho nitro benzene ring substituents is 1. The number of furan rings is 1. The Labute approximate surface area is 109 Å². The number of nitro benzene ring substituents is 1. The van der Waals surface area contributed by atoms with Crippen molar-refractivity contribution in [2.75, 3.05) is 0 Å². The first-order chi connectivity index (χ1) is 9.11. The Morgan fingerprint density at radius 1 is 1.32 bits per heavy atom. The molecule has 0 amide bonds. The minimum atomic E-state index is -0.401. The fourth-order valence-corrected chi connectivity index (χ4v) is 2.31. The Kier molecular flexibility index (Phi) is 2.38. The van der Waals surface area contributed by atoms with Gasteiger partial charge in [0.05, 0.1) is 4.92 Å². The van der Waals surface area contributed by atoms with Crippen LogP contribution in [0, 0.1) is 17.0 Å². The summed E-state index contributed by atoms with van der Waals surface area (Å²) < 4.78 is 5.79. The molecule has 0 saturated carbocycles. The predicted molar refractivity (Wildman–Crippen MR) is 75.2 cm³/mol. The van der Waals surface area contributed by atoms with Gasteiger partial charge in [-0.05, 0) is 24.1 Å². The van der Waals surface area contributed by atoms with Crippen molar-refractivity contribution in [3.8, 4) is 0 Å². The van der Waals surface area contributed by atoms with Crippen molar-refractivity contribution in [3.05, 3.63) is 58.2 Å². The van der Waals surface area contributed by atoms with Gasteiger partial charge >= 0.3 is 0 Å². The number of benzene rings is 2. The van der Waals surface area contributed by atoms with E-state index in [9.17, 15) is 10.1 Å². The van der Waals surface area contributed by atoms with Crippen LogP contribution >= 0.6 is 0 Å². The van der Waals surface area contributed by atoms with E-state index >= 15 is 0 Å². The van der Waals surface area contributed by atoms with Crippen LogP contribution in [0.3, 0.4) is 0 Å². The molecule has 1 aromatic heterocycles. The molecular formula is C15H11NO3. The maximum Gasteiger partial charge on any atom is 0.270 e. The molecule has 0 aliphatic heterocycles. The van der Waals surface area contributed by atoms with E-state index in [4.69, 9.17) is 4.42 Å². The first kappa shape index (κ1) is 11.5. The van der Waals surface area contributed by atoms with E-state index in [2.05, 4.69) is 6.58 Å². The molecule has 2 aromatic carbocycles. The minimum Gasteiger partial charge on any atom is -0.456 e. The zero-order chi connectivity index (χ0) is 13.6. The van der Waals surface area contributed by atoms with Crippen molar-refractivity contribution < 1.29 is 9.34 Å². The monoisotopic (exact) mass is 253 g/mol. The van der Waals surface area contributed by atoms with E-state index in [0.29, 0.717) is 5.58 Å². The van der Waals surface area contributed by atoms with Crippen LogP contribution in [0.25, 0.3) is 28.0 Å². The average Bonchev–Trinajstić information content (AvgIpc) is 2.79. The zero-order valence-corrected chi connectivity index (χ0v) is 10.3. The van der Waals surface area contributed by atoms with Crippen molar-refractivity contribution in [3.63, 3.8) is 0 Å². The Balaban J connectivity index is 2.52. The Hall–Kier alpha value is -2.62. The summed E-state index contributed by atoms with van der Waals surface area (Å²) in [5.41, 5.74) is 3.39. The molecule has 0 unspecified atom stereocenters. The summed E-state index contributed by atoms with van der Waals surface area (Å²) >= 11 is 0. The van der Waals surface area contributed by atoms with Crippen molar-refractivity contribution in [1.29, 1.82) is 0 Å². The van der Waals surface area contributed by atoms with Gasteiger partial charge in [-0.25, -0.2) is 0 Å². The molecule has 4 heteroatoms. The highest BCUT2D eigenvalue weighted by molar-refractivity contribution is 6.10. The molecule has 0 N–H and O–H groups in total. The molecular weight excluding hydrogens is 242 g/mol. The number of hydrogen-bond acceptors (Lipinski definition) is 3. The molecule has 0 radical (unpaired) electrons. The largest absolute Gasteiger partial charge is 0.456 e. The van der Waals surface area contributed by atoms with Crippen LogP contribution in [0.5, 0.6) is 0 Å². The third-order valence-corrected chi connectivity index (χ3v) is 3.26. The molecule has 0 aliphatic carbocycles. The van der Waals surface area contributed by atoms with Crippen LogP contribution in [0.2, 0.25) is 0 Å². The third-order valence-electron chi connectivity index (χ3n) is 3.26. The SMILES string of the molecule is C=Cc1ccc(C)c2oc3ccc([N+](=O)[O-])cc3c12. The Morgan fingerprint density at radius 2 is 2.11 bits per heavy atom. The fourth-order valence-electron chi connectivity index (χ4n) is 2.31. The smallest absolute Gasteiger partial charge is 0.270 e. The topological polar surface area (TPSA) is 56.3 Å². The van der Waals surface area contributed by atoms with Crippen LogP contribution in [-0.4, -0.2) is 4.92 Å². The standard InChI is InChI=1S/C15H11NO3/c1-3-10-5-4-9(2)15-14(10)12-8-11(16(17)18)6-7-13(12)19-15/h3-8H,1H2,2H3. The van der Waals surface area contributed by atoms with Crippen LogP contribution in [0.1, 0.15) is 11.1 Å². The summed E-state index contributed by atoms with van der Waals surface area (Å²) in [6.45, 7) is 5.73. The molecule has 1 heterocycles. The first-order valence-electron chi connectivity index (χ1n) is 5.84. The predicted octanol–water partition coefficient (Wildman–Crippen LogP) is 4.45. The summed E-state index contributed by atoms with van der Waals surface area (Å²) in [6.07, 6.45) is 1.73. The lowest BCUT2D eigenvalue weighted by Crippen LogP contribution is -1.86. The summed E-state index contributed by atoms with van der Waals surface area (Å²) in [4.78, 5) is 10.5. The van der Waals surface area contributed by atoms with E-state index in [1.165, 1.54) is 6.07 Å². The second-order valence-electron chi connectivity index (χ2n) is 4.42. The van der Waals surface area contributed by atoms with Gasteiger partial charge in [0.25, 0.3) is 5.69 Å². The molecule has 3 aromatic rings. The van der Waals surface area contributed by atoms with Crippen molar-refractivity contribution in [2.45, 2.75) is 6.92 Å². The van der Waals surface area contributed by atoms with E-state index in [0.717, 1.165) is 27.5 Å². The van der Waals surface area contributed by atoms with Crippen LogP contribution in [-0.2, 0) is 0 Å². The van der Waals surface area contributed by atoms with Gasteiger partial charge in [-0.15, -0.1) is 0 Å². The highest BCUT2D eigenvalue weighted by Crippen LogP contribution is 2.35. The molecule has 0 atom stereocenters. The maximum absolute atomic E-state index is 10.9. The molecule has 3 rings (SSSR count). The van der Waals surface area contributed by atoms with Gasteiger partial charge in [0.1, 0.15) is 11.2 Å². The van der Waals surface area contributed by atoms with Crippen molar-refractivity contribution in [1.82, 2.24) is 0 Å². The molecule has 0 bridgehead atoms. The lowest BCUT2D eigenvalue weighted by atomic mass is 10.0. The Morgan fingerprint density at radius 3 is 2.79 bits per heavy atom. The highest BCUT2D eigenvalue weighted by Gasteiger charge is 2.15. The number of nitro groups is 1. The Bertz CT molecular complexity index is 830. The van der Waals surface area contributed by atoms with Crippen LogP contribution in [0.15, 0.2) is 41.3 Å². The summed E-state index contributed by atoms with van der Waals surface area (Å²) in [6, 6.07) is 8.54. The molecule has 0 spiro atoms. The number of rotatable bonds is 2. The average molecular weight is 253 g/mol. The lowest BCUT2D eigenvalue weighted by molar-refractivity contribution is -0.384. The third kappa shape index (κ3) is 1.61. The second kappa shape index (κ2) is 3.95. The highest BCUT2D eigenvalue weighted by atomic mass is 16.6. The molecule has 94 valence electrons. The summed E-state index contributed by atoms with van der Waals surface area (Å²) in [5, 5.41) is 12.5. The number of hydrogen-bond donors (Lipinski definition) is 0. The summed E-state index contributed by atoms with van der Waals surface area (Å²) in [5.74, 6) is 0. The van der Waals surface area contributed by atoms with Gasteiger partial charge in [-0.3, -0.25) is 10.1 Å². The lowest BCUT2D eigenvalue weighted by Gasteiger charge is -1.99. The van der Waals surface area contributed by atoms with Gasteiger partial charge in [0.15, 0.2) is 0 Å². The fraction of sp³-hybridized carbons (Fsp3) is 0.0667. The number of aryl methyl sites for hydroxylation is 1. The normalized spacial score (nSPS) is 11.0. The van der Waals surface area contributed by atoms with E-state index < -0.39 is 4.92 Å². The number of fused-ring (bicyclic) bond motifs is 3. The van der Waals surface area contributed by atoms with Crippen molar-refractivity contribution >= 4 is 33.7 Å². The van der Waals surface area contributed by atoms with Crippen LogP contribution < -0.4 is 0 Å². The quantitative estimate of drug-likeness (QED) is 0.501. The second-order valence-corrected chi connectivity index (χ2v) is 4.42. The zero-order valence-electron chi connectivity index (χ0n) is 10.3. The minimum absolute atomic E-state index is 0.0618. The van der Waals surface area contributed by atoms with Crippen molar-refractivity contribution in [2.24, 2.45) is 0 Å². The van der Waals surface area contributed by atoms with Crippen LogP contribution in [0.4, 0.5) is 5.69 Å². The molecule has 19 heavy (non-hydrogen) atoms. The maximum atomic E-state index is 10.9. The molecule has 4 nitrogen and oxygen atoms in total. The van der Waals surface area contributed by atoms with Gasteiger partial charge < -0.3 is 4.42 Å². The first-order valence-corrected chi connectivity index (χ1v) is 5.84. The summed E-state index contributed by atoms with van der Waals surface area (Å²) in [7, 11) is 0. The molecule has 0 aliphatic rings. The van der Waals surface area contributed by atoms with E-state index in [1.807, 2.05) is 19.1 Å². The van der Waals surface area contributed by atoms with Gasteiger partial charge in [-0.2, -0.15) is 0 Å². The van der Waals surface area contributed by atoms with Gasteiger partial charge in [0.2, 0.25) is 0 Å². The van der Waals surface area contributed by atoms with Gasteiger partial charge in [-0.1, -0.05) is 24.8 Å². The molecule has 0 fully saturated rings. The number of nitrogens with zero attached hydrogens (tertiary/aromatic N) is 1. The molecule has 0 saturated heterocycles. The van der Waals surface area contributed by atoms with Gasteiger partial charge in [0, 0.05) is 22.9 Å². The van der Waals surface area contributed by atoms with E-state index in [1.54, 1.807) is 18.2 Å². The van der Waals surface area contributed by atoms with E-state index in [-0.39, 0.29) is 5.69 Å².